The number of carbonyl (C=O) groups is 1. The first-order valence-corrected chi connectivity index (χ1v) is 7.38. The van der Waals surface area contributed by atoms with Crippen LogP contribution in [0.25, 0.3) is 11.0 Å². The Kier molecular flexibility index (Phi) is 5.26. The van der Waals surface area contributed by atoms with Crippen molar-refractivity contribution in [1.82, 2.24) is 14.5 Å². The standard InChI is InChI=1S/C15H20N4O2.ClH/c16-9-11-5-3-4-8-18(11)14(20)10-19-13-7-2-1-6-12(13)17-15(19)21;/h1-2,6-7,11H,3-5,8-10,16H2,(H,17,21);1H. The fourth-order valence-electron chi connectivity index (χ4n) is 3.06. The van der Waals surface area contributed by atoms with Crippen LogP contribution in [-0.2, 0) is 11.3 Å². The molecule has 1 aromatic heterocycles. The van der Waals surface area contributed by atoms with Gasteiger partial charge < -0.3 is 15.6 Å². The molecule has 3 N–H and O–H groups in total. The van der Waals surface area contributed by atoms with Crippen LogP contribution in [0, 0.1) is 0 Å². The number of piperidine rings is 1. The van der Waals surface area contributed by atoms with E-state index in [9.17, 15) is 9.59 Å². The van der Waals surface area contributed by atoms with Gasteiger partial charge in [-0.15, -0.1) is 12.4 Å². The van der Waals surface area contributed by atoms with Crippen molar-refractivity contribution in [2.75, 3.05) is 13.1 Å². The Morgan fingerprint density at radius 1 is 1.32 bits per heavy atom. The molecule has 7 heteroatoms. The zero-order valence-electron chi connectivity index (χ0n) is 12.3. The van der Waals surface area contributed by atoms with Gasteiger partial charge in [-0.25, -0.2) is 4.79 Å². The average Bonchev–Trinajstić information content (AvgIpc) is 2.83. The Labute approximate surface area is 134 Å². The number of H-pyrrole nitrogens is 1. The number of likely N-dealkylation sites (tertiary alicyclic amines) is 1. The van der Waals surface area contributed by atoms with Crippen molar-refractivity contribution in [2.24, 2.45) is 5.73 Å². The number of nitrogens with two attached hydrogens (primary N) is 1. The lowest BCUT2D eigenvalue weighted by molar-refractivity contribution is -0.135. The van der Waals surface area contributed by atoms with Crippen molar-refractivity contribution in [3.05, 3.63) is 34.7 Å². The number of fused-ring (bicyclic) bond motifs is 1. The molecule has 6 nitrogen and oxygen atoms in total. The van der Waals surface area contributed by atoms with Crippen LogP contribution in [0.1, 0.15) is 19.3 Å². The van der Waals surface area contributed by atoms with Crippen LogP contribution in [0.2, 0.25) is 0 Å². The fraction of sp³-hybridized carbons (Fsp3) is 0.467. The molecule has 0 aliphatic carbocycles. The lowest BCUT2D eigenvalue weighted by Gasteiger charge is -2.35. The van der Waals surface area contributed by atoms with Crippen molar-refractivity contribution in [3.8, 4) is 0 Å². The van der Waals surface area contributed by atoms with E-state index in [1.165, 1.54) is 4.57 Å². The molecule has 2 aromatic rings. The van der Waals surface area contributed by atoms with Crippen molar-refractivity contribution in [2.45, 2.75) is 31.8 Å². The first-order chi connectivity index (χ1) is 10.2. The first kappa shape index (κ1) is 16.6. The second kappa shape index (κ2) is 6.98. The molecule has 1 saturated heterocycles. The number of hydrogen-bond acceptors (Lipinski definition) is 3. The molecule has 1 fully saturated rings. The normalized spacial score (nSPS) is 18.2. The number of nitrogens with one attached hydrogen (secondary N) is 1. The van der Waals surface area contributed by atoms with Gasteiger partial charge in [0, 0.05) is 19.1 Å². The van der Waals surface area contributed by atoms with Gasteiger partial charge in [-0.3, -0.25) is 9.36 Å². The maximum atomic E-state index is 12.5. The van der Waals surface area contributed by atoms with Crippen LogP contribution in [0.15, 0.2) is 29.1 Å². The second-order valence-electron chi connectivity index (χ2n) is 5.51. The highest BCUT2D eigenvalue weighted by atomic mass is 35.5. The van der Waals surface area contributed by atoms with E-state index in [0.29, 0.717) is 6.54 Å². The number of aromatic amines is 1. The van der Waals surface area contributed by atoms with E-state index in [-0.39, 0.29) is 36.6 Å². The van der Waals surface area contributed by atoms with Gasteiger partial charge in [0.2, 0.25) is 5.91 Å². The lowest BCUT2D eigenvalue weighted by Crippen LogP contribution is -2.49. The van der Waals surface area contributed by atoms with Crippen LogP contribution >= 0.6 is 12.4 Å². The summed E-state index contributed by atoms with van der Waals surface area (Å²) in [7, 11) is 0. The summed E-state index contributed by atoms with van der Waals surface area (Å²) in [4.78, 5) is 29.2. The minimum atomic E-state index is -0.245. The number of rotatable bonds is 3. The van der Waals surface area contributed by atoms with E-state index in [1.54, 1.807) is 0 Å². The summed E-state index contributed by atoms with van der Waals surface area (Å²) >= 11 is 0. The zero-order chi connectivity index (χ0) is 14.8. The van der Waals surface area contributed by atoms with E-state index in [0.717, 1.165) is 36.8 Å². The second-order valence-corrected chi connectivity index (χ2v) is 5.51. The molecule has 1 atom stereocenters. The molecule has 120 valence electrons. The number of para-hydroxylation sites is 2. The fourth-order valence-corrected chi connectivity index (χ4v) is 3.06. The predicted molar refractivity (Wildman–Crippen MR) is 88.2 cm³/mol. The van der Waals surface area contributed by atoms with Gasteiger partial charge in [-0.05, 0) is 31.4 Å². The van der Waals surface area contributed by atoms with Crippen LogP contribution in [-0.4, -0.2) is 39.5 Å². The van der Waals surface area contributed by atoms with Crippen LogP contribution in [0.5, 0.6) is 0 Å². The quantitative estimate of drug-likeness (QED) is 0.886. The Morgan fingerprint density at radius 3 is 2.86 bits per heavy atom. The van der Waals surface area contributed by atoms with Crippen LogP contribution < -0.4 is 11.4 Å². The molecular weight excluding hydrogens is 304 g/mol. The highest BCUT2D eigenvalue weighted by Gasteiger charge is 2.26. The Morgan fingerprint density at radius 2 is 2.09 bits per heavy atom. The molecule has 1 aromatic carbocycles. The highest BCUT2D eigenvalue weighted by Crippen LogP contribution is 2.17. The van der Waals surface area contributed by atoms with Crippen LogP contribution in [0.3, 0.4) is 0 Å². The molecule has 1 aliphatic heterocycles. The minimum absolute atomic E-state index is 0. The maximum absolute atomic E-state index is 12.5. The molecule has 0 radical (unpaired) electrons. The maximum Gasteiger partial charge on any atom is 0.326 e. The third kappa shape index (κ3) is 3.03. The Bertz CT molecular complexity index is 709. The number of aromatic nitrogens is 2. The summed E-state index contributed by atoms with van der Waals surface area (Å²) in [6.07, 6.45) is 3.06. The predicted octanol–water partition coefficient (Wildman–Crippen LogP) is 1.09. The molecule has 0 spiro atoms. The average molecular weight is 325 g/mol. The third-order valence-electron chi connectivity index (χ3n) is 4.19. The molecule has 2 heterocycles. The first-order valence-electron chi connectivity index (χ1n) is 7.38. The SMILES string of the molecule is Cl.NCC1CCCCN1C(=O)Cn1c(=O)[nH]c2ccccc21. The Balaban J connectivity index is 0.00000176. The van der Waals surface area contributed by atoms with E-state index >= 15 is 0 Å². The molecule has 0 bridgehead atoms. The molecule has 3 rings (SSSR count). The van der Waals surface area contributed by atoms with E-state index in [2.05, 4.69) is 4.98 Å². The number of imidazole rings is 1. The summed E-state index contributed by atoms with van der Waals surface area (Å²) in [5.41, 5.74) is 7.03. The summed E-state index contributed by atoms with van der Waals surface area (Å²) < 4.78 is 1.50. The Hall–Kier alpha value is -1.79. The zero-order valence-corrected chi connectivity index (χ0v) is 13.1. The number of amides is 1. The summed E-state index contributed by atoms with van der Waals surface area (Å²) in [6.45, 7) is 1.28. The van der Waals surface area contributed by atoms with Crippen molar-refractivity contribution < 1.29 is 4.79 Å². The summed E-state index contributed by atoms with van der Waals surface area (Å²) in [6, 6.07) is 7.50. The summed E-state index contributed by atoms with van der Waals surface area (Å²) in [5, 5.41) is 0. The van der Waals surface area contributed by atoms with Gasteiger partial charge >= 0.3 is 5.69 Å². The molecule has 1 aliphatic rings. The van der Waals surface area contributed by atoms with Gasteiger partial charge in [0.15, 0.2) is 0 Å². The van der Waals surface area contributed by atoms with Gasteiger partial charge in [0.05, 0.1) is 11.0 Å². The molecule has 1 amide bonds. The summed E-state index contributed by atoms with van der Waals surface area (Å²) in [5.74, 6) is -0.0306. The minimum Gasteiger partial charge on any atom is -0.337 e. The molecule has 0 saturated carbocycles. The van der Waals surface area contributed by atoms with Crippen molar-refractivity contribution in [1.29, 1.82) is 0 Å². The molecular formula is C15H21ClN4O2. The monoisotopic (exact) mass is 324 g/mol. The number of benzene rings is 1. The van der Waals surface area contributed by atoms with Crippen molar-refractivity contribution in [3.63, 3.8) is 0 Å². The van der Waals surface area contributed by atoms with Gasteiger partial charge in [0.25, 0.3) is 0 Å². The van der Waals surface area contributed by atoms with E-state index in [1.807, 2.05) is 29.2 Å². The van der Waals surface area contributed by atoms with Crippen molar-refractivity contribution >= 4 is 29.3 Å². The third-order valence-corrected chi connectivity index (χ3v) is 4.19. The van der Waals surface area contributed by atoms with Crippen LogP contribution in [0.4, 0.5) is 0 Å². The lowest BCUT2D eigenvalue weighted by atomic mass is 10.0. The number of hydrogen-bond donors (Lipinski definition) is 2. The van der Waals surface area contributed by atoms with Gasteiger partial charge in [-0.1, -0.05) is 12.1 Å². The van der Waals surface area contributed by atoms with Gasteiger partial charge in [0.1, 0.15) is 6.54 Å². The number of halogens is 1. The van der Waals surface area contributed by atoms with E-state index in [4.69, 9.17) is 5.73 Å². The number of carbonyl (C=O) groups excluding carboxylic acids is 1. The largest absolute Gasteiger partial charge is 0.337 e. The van der Waals surface area contributed by atoms with E-state index < -0.39 is 0 Å². The molecule has 1 unspecified atom stereocenters. The smallest absolute Gasteiger partial charge is 0.326 e. The van der Waals surface area contributed by atoms with Gasteiger partial charge in [-0.2, -0.15) is 0 Å². The number of nitrogens with zero attached hydrogens (tertiary/aromatic N) is 2. The molecule has 22 heavy (non-hydrogen) atoms. The highest BCUT2D eigenvalue weighted by molar-refractivity contribution is 5.85. The topological polar surface area (TPSA) is 84.1 Å².